The fraction of sp³-hybridized carbons (Fsp3) is 0.500. The minimum Gasteiger partial charge on any atom is -0.388 e. The topological polar surface area (TPSA) is 29.5 Å². The van der Waals surface area contributed by atoms with Gasteiger partial charge in [0.1, 0.15) is 0 Å². The van der Waals surface area contributed by atoms with E-state index in [0.717, 1.165) is 12.1 Å². The van der Waals surface area contributed by atoms with Crippen LogP contribution in [0.5, 0.6) is 0 Å². The van der Waals surface area contributed by atoms with Crippen LogP contribution in [0.1, 0.15) is 31.9 Å². The summed E-state index contributed by atoms with van der Waals surface area (Å²) in [5, 5.41) is 9.77. The first-order valence-electron chi connectivity index (χ1n) is 5.15. The van der Waals surface area contributed by atoms with Crippen LogP contribution < -0.4 is 0 Å². The van der Waals surface area contributed by atoms with E-state index >= 15 is 0 Å². The average Bonchev–Trinajstić information content (AvgIpc) is 2.25. The Balaban J connectivity index is 2.98. The number of halogens is 3. The third-order valence-corrected chi connectivity index (χ3v) is 2.66. The summed E-state index contributed by atoms with van der Waals surface area (Å²) in [6.45, 7) is 3.40. The van der Waals surface area contributed by atoms with Crippen molar-refractivity contribution in [3.8, 4) is 0 Å². The zero-order chi connectivity index (χ0) is 13.2. The molecule has 0 aromatic heterocycles. The van der Waals surface area contributed by atoms with Crippen LogP contribution in [0.3, 0.4) is 0 Å². The Kier molecular flexibility index (Phi) is 4.16. The van der Waals surface area contributed by atoms with Crippen molar-refractivity contribution in [2.45, 2.75) is 32.0 Å². The molecular weight excluding hydrogens is 233 g/mol. The number of methoxy groups -OCH3 is 1. The van der Waals surface area contributed by atoms with Gasteiger partial charge in [-0.1, -0.05) is 6.07 Å². The van der Waals surface area contributed by atoms with Gasteiger partial charge in [-0.3, -0.25) is 0 Å². The van der Waals surface area contributed by atoms with Crippen LogP contribution in [0.4, 0.5) is 13.2 Å². The van der Waals surface area contributed by atoms with Gasteiger partial charge >= 0.3 is 0 Å². The number of ether oxygens (including phenoxy) is 1. The lowest BCUT2D eigenvalue weighted by atomic mass is 9.95. The largest absolute Gasteiger partial charge is 0.388 e. The van der Waals surface area contributed by atoms with Crippen LogP contribution in [0.25, 0.3) is 0 Å². The molecule has 0 bridgehead atoms. The number of benzene rings is 1. The fourth-order valence-electron chi connectivity index (χ4n) is 1.46. The summed E-state index contributed by atoms with van der Waals surface area (Å²) in [5.74, 6) is -4.20. The molecule has 0 aliphatic heterocycles. The van der Waals surface area contributed by atoms with Crippen LogP contribution >= 0.6 is 0 Å². The maximum Gasteiger partial charge on any atom is 0.194 e. The van der Waals surface area contributed by atoms with E-state index in [1.165, 1.54) is 7.11 Å². The zero-order valence-corrected chi connectivity index (χ0v) is 9.93. The molecule has 1 unspecified atom stereocenters. The molecule has 0 saturated heterocycles. The summed E-state index contributed by atoms with van der Waals surface area (Å²) in [7, 11) is 1.45. The van der Waals surface area contributed by atoms with Gasteiger partial charge in [0.05, 0.1) is 11.7 Å². The molecule has 1 aromatic rings. The molecule has 1 N–H and O–H groups in total. The molecule has 1 aromatic carbocycles. The lowest BCUT2D eigenvalue weighted by molar-refractivity contribution is -0.0209. The van der Waals surface area contributed by atoms with Crippen LogP contribution in [0, 0.1) is 17.5 Å². The Morgan fingerprint density at radius 2 is 1.82 bits per heavy atom. The van der Waals surface area contributed by atoms with Gasteiger partial charge in [-0.2, -0.15) is 0 Å². The third kappa shape index (κ3) is 3.20. The van der Waals surface area contributed by atoms with E-state index in [-0.39, 0.29) is 12.0 Å². The van der Waals surface area contributed by atoms with Gasteiger partial charge in [0, 0.05) is 19.1 Å². The third-order valence-electron chi connectivity index (χ3n) is 2.66. The SMILES string of the molecule is COC(C)(C)CC(O)c1ccc(F)c(F)c1F. The normalized spacial score (nSPS) is 13.8. The van der Waals surface area contributed by atoms with Crippen molar-refractivity contribution >= 4 is 0 Å². The number of aliphatic hydroxyl groups is 1. The Hall–Kier alpha value is -1.07. The van der Waals surface area contributed by atoms with Crippen molar-refractivity contribution in [1.29, 1.82) is 0 Å². The molecule has 1 atom stereocenters. The zero-order valence-electron chi connectivity index (χ0n) is 9.93. The van der Waals surface area contributed by atoms with Crippen molar-refractivity contribution in [2.24, 2.45) is 0 Å². The molecule has 0 heterocycles. The molecule has 1 rings (SSSR count). The fourth-order valence-corrected chi connectivity index (χ4v) is 1.46. The smallest absolute Gasteiger partial charge is 0.194 e. The van der Waals surface area contributed by atoms with E-state index < -0.39 is 29.2 Å². The second kappa shape index (κ2) is 5.06. The molecule has 0 radical (unpaired) electrons. The van der Waals surface area contributed by atoms with Gasteiger partial charge in [-0.15, -0.1) is 0 Å². The highest BCUT2D eigenvalue weighted by Gasteiger charge is 2.26. The second-order valence-electron chi connectivity index (χ2n) is 4.45. The van der Waals surface area contributed by atoms with Crippen molar-refractivity contribution in [2.75, 3.05) is 7.11 Å². The molecular formula is C12H15F3O2. The lowest BCUT2D eigenvalue weighted by Gasteiger charge is -2.26. The number of hydrogen-bond donors (Lipinski definition) is 1. The molecule has 0 aliphatic carbocycles. The summed E-state index contributed by atoms with van der Waals surface area (Å²) in [5.41, 5.74) is -0.953. The highest BCUT2D eigenvalue weighted by atomic mass is 19.2. The molecule has 0 fully saturated rings. The first-order valence-corrected chi connectivity index (χ1v) is 5.15. The Bertz CT molecular complexity index is 405. The van der Waals surface area contributed by atoms with Crippen LogP contribution in [0.2, 0.25) is 0 Å². The summed E-state index contributed by atoms with van der Waals surface area (Å²) >= 11 is 0. The number of aliphatic hydroxyl groups excluding tert-OH is 1. The quantitative estimate of drug-likeness (QED) is 0.830. The highest BCUT2D eigenvalue weighted by molar-refractivity contribution is 5.22. The van der Waals surface area contributed by atoms with Gasteiger partial charge in [0.2, 0.25) is 0 Å². The summed E-state index contributed by atoms with van der Waals surface area (Å²) in [6.07, 6.45) is -1.18. The van der Waals surface area contributed by atoms with Crippen LogP contribution in [0.15, 0.2) is 12.1 Å². The molecule has 5 heteroatoms. The van der Waals surface area contributed by atoms with Crippen molar-refractivity contribution < 1.29 is 23.0 Å². The predicted octanol–water partition coefficient (Wildman–Crippen LogP) is 2.95. The highest BCUT2D eigenvalue weighted by Crippen LogP contribution is 2.28. The van der Waals surface area contributed by atoms with E-state index in [4.69, 9.17) is 4.74 Å². The van der Waals surface area contributed by atoms with Crippen molar-refractivity contribution in [3.63, 3.8) is 0 Å². The summed E-state index contributed by atoms with van der Waals surface area (Å²) in [6, 6.07) is 1.82. The molecule has 2 nitrogen and oxygen atoms in total. The molecule has 0 spiro atoms. The van der Waals surface area contributed by atoms with Crippen LogP contribution in [-0.4, -0.2) is 17.8 Å². The second-order valence-corrected chi connectivity index (χ2v) is 4.45. The van der Waals surface area contributed by atoms with Gasteiger partial charge < -0.3 is 9.84 Å². The number of hydrogen-bond acceptors (Lipinski definition) is 2. The predicted molar refractivity (Wildman–Crippen MR) is 57.0 cm³/mol. The van der Waals surface area contributed by atoms with Gasteiger partial charge in [0.15, 0.2) is 17.5 Å². The maximum absolute atomic E-state index is 13.4. The van der Waals surface area contributed by atoms with Gasteiger partial charge in [0.25, 0.3) is 0 Å². The standard InChI is InChI=1S/C12H15F3O2/c1-12(2,17-3)6-9(16)7-4-5-8(13)11(15)10(7)14/h4-5,9,16H,6H2,1-3H3. The molecule has 17 heavy (non-hydrogen) atoms. The Morgan fingerprint density at radius 1 is 1.24 bits per heavy atom. The van der Waals surface area contributed by atoms with E-state index in [9.17, 15) is 18.3 Å². The first-order chi connectivity index (χ1) is 7.78. The van der Waals surface area contributed by atoms with E-state index in [1.807, 2.05) is 0 Å². The van der Waals surface area contributed by atoms with Gasteiger partial charge in [-0.05, 0) is 19.9 Å². The lowest BCUT2D eigenvalue weighted by Crippen LogP contribution is -2.25. The van der Waals surface area contributed by atoms with Crippen molar-refractivity contribution in [3.05, 3.63) is 35.1 Å². The van der Waals surface area contributed by atoms with E-state index in [1.54, 1.807) is 13.8 Å². The van der Waals surface area contributed by atoms with E-state index in [0.29, 0.717) is 0 Å². The van der Waals surface area contributed by atoms with Crippen LogP contribution in [-0.2, 0) is 4.74 Å². The molecule has 0 saturated carbocycles. The molecule has 0 aliphatic rings. The first kappa shape index (κ1) is 14.0. The maximum atomic E-state index is 13.4. The monoisotopic (exact) mass is 248 g/mol. The summed E-state index contributed by atoms with van der Waals surface area (Å²) in [4.78, 5) is 0. The average molecular weight is 248 g/mol. The Morgan fingerprint density at radius 3 is 2.35 bits per heavy atom. The minimum absolute atomic E-state index is 0.0749. The van der Waals surface area contributed by atoms with Crippen molar-refractivity contribution in [1.82, 2.24) is 0 Å². The Labute approximate surface area is 98.0 Å². The van der Waals surface area contributed by atoms with Gasteiger partial charge in [-0.25, -0.2) is 13.2 Å². The summed E-state index contributed by atoms with van der Waals surface area (Å²) < 4.78 is 44.1. The number of rotatable bonds is 4. The molecule has 96 valence electrons. The molecule has 0 amide bonds. The minimum atomic E-state index is -1.57. The van der Waals surface area contributed by atoms with E-state index in [2.05, 4.69) is 0 Å².